The highest BCUT2D eigenvalue weighted by molar-refractivity contribution is 5.92. The quantitative estimate of drug-likeness (QED) is 0.382. The van der Waals surface area contributed by atoms with E-state index >= 15 is 0 Å². The average Bonchev–Trinajstić information content (AvgIpc) is 3.44. The molecule has 3 rings (SSSR count). The predicted molar refractivity (Wildman–Crippen MR) is 113 cm³/mol. The van der Waals surface area contributed by atoms with Gasteiger partial charge in [-0.2, -0.15) is 13.2 Å². The number of halogens is 3. The number of alkyl halides is 3. The van der Waals surface area contributed by atoms with Crippen molar-refractivity contribution in [3.05, 3.63) is 58.2 Å². The van der Waals surface area contributed by atoms with Crippen LogP contribution < -0.4 is 0 Å². The largest absolute Gasteiger partial charge is 0.415 e. The third-order valence-corrected chi connectivity index (χ3v) is 6.70. The van der Waals surface area contributed by atoms with Crippen LogP contribution in [0.1, 0.15) is 58.8 Å². The Balaban J connectivity index is 2.04. The van der Waals surface area contributed by atoms with Crippen molar-refractivity contribution in [1.82, 2.24) is 0 Å². The van der Waals surface area contributed by atoms with Crippen LogP contribution in [-0.4, -0.2) is 23.7 Å². The van der Waals surface area contributed by atoms with Gasteiger partial charge in [-0.15, -0.1) is 0 Å². The third-order valence-electron chi connectivity index (χ3n) is 6.70. The summed E-state index contributed by atoms with van der Waals surface area (Å²) in [5, 5.41) is 9.23. The number of Topliss-reactive ketones (excluding diaryl/α,β-unsaturated/α-hetero) is 1. The summed E-state index contributed by atoms with van der Waals surface area (Å²) in [4.78, 5) is 13.4. The van der Waals surface area contributed by atoms with Crippen LogP contribution in [0.25, 0.3) is 0 Å². The van der Waals surface area contributed by atoms with Gasteiger partial charge in [-0.3, -0.25) is 4.79 Å². The normalized spacial score (nSPS) is 27.7. The van der Waals surface area contributed by atoms with E-state index in [1.54, 1.807) is 0 Å². The zero-order valence-corrected chi connectivity index (χ0v) is 17.8. The lowest BCUT2D eigenvalue weighted by Crippen LogP contribution is -2.32. The van der Waals surface area contributed by atoms with E-state index in [9.17, 15) is 23.1 Å². The van der Waals surface area contributed by atoms with E-state index < -0.39 is 11.7 Å². The lowest BCUT2D eigenvalue weighted by Gasteiger charge is -2.33. The molecule has 3 atom stereocenters. The van der Waals surface area contributed by atoms with E-state index in [1.807, 2.05) is 19.9 Å². The van der Waals surface area contributed by atoms with Gasteiger partial charge in [-0.05, 0) is 75.9 Å². The molecule has 0 amide bonds. The molecule has 0 radical (unpaired) electrons. The fraction of sp³-hybridized carbons (Fsp3) is 0.560. The molecule has 0 aliphatic heterocycles. The molecular formula is C25H31F3O2. The van der Waals surface area contributed by atoms with Gasteiger partial charge in [0.2, 0.25) is 0 Å². The summed E-state index contributed by atoms with van der Waals surface area (Å²) in [5.74, 6) is 0.368. The monoisotopic (exact) mass is 420 g/mol. The smallest absolute Gasteiger partial charge is 0.396 e. The van der Waals surface area contributed by atoms with Crippen molar-refractivity contribution in [1.29, 1.82) is 0 Å². The Kier molecular flexibility index (Phi) is 6.91. The fourth-order valence-electron chi connectivity index (χ4n) is 5.03. The zero-order chi connectivity index (χ0) is 22.1. The number of hydrogen-bond donors (Lipinski definition) is 1. The van der Waals surface area contributed by atoms with Gasteiger partial charge in [0.25, 0.3) is 0 Å². The van der Waals surface area contributed by atoms with Crippen molar-refractivity contribution in [3.8, 4) is 0 Å². The molecule has 2 bridgehead atoms. The topological polar surface area (TPSA) is 37.3 Å². The molecule has 0 aromatic heterocycles. The molecule has 164 valence electrons. The highest BCUT2D eigenvalue weighted by Gasteiger charge is 2.47. The lowest BCUT2D eigenvalue weighted by atomic mass is 9.69. The lowest BCUT2D eigenvalue weighted by molar-refractivity contribution is -0.125. The van der Waals surface area contributed by atoms with Crippen LogP contribution >= 0.6 is 0 Å². The number of hydrogen-bond acceptors (Lipinski definition) is 2. The Morgan fingerprint density at radius 2 is 1.87 bits per heavy atom. The van der Waals surface area contributed by atoms with E-state index in [-0.39, 0.29) is 24.2 Å². The average molecular weight is 421 g/mol. The number of fused-ring (bicyclic) bond motifs is 2. The Morgan fingerprint density at radius 1 is 1.20 bits per heavy atom. The van der Waals surface area contributed by atoms with Crippen LogP contribution in [0.2, 0.25) is 0 Å². The summed E-state index contributed by atoms with van der Waals surface area (Å²) < 4.78 is 39.0. The van der Waals surface area contributed by atoms with Crippen LogP contribution in [0, 0.1) is 17.8 Å². The minimum Gasteiger partial charge on any atom is -0.396 e. The number of carbonyl (C=O) groups is 1. The van der Waals surface area contributed by atoms with Crippen molar-refractivity contribution in [2.45, 2.75) is 65.0 Å². The molecule has 0 aromatic carbocycles. The molecule has 3 fully saturated rings. The first-order valence-electron chi connectivity index (χ1n) is 10.9. The molecule has 3 saturated carbocycles. The summed E-state index contributed by atoms with van der Waals surface area (Å²) in [5.41, 5.74) is 4.07. The molecule has 2 nitrogen and oxygen atoms in total. The maximum Gasteiger partial charge on any atom is 0.415 e. The molecule has 1 N–H and O–H groups in total. The summed E-state index contributed by atoms with van der Waals surface area (Å²) in [7, 11) is 0. The first-order chi connectivity index (χ1) is 14.2. The first-order valence-corrected chi connectivity index (χ1v) is 10.9. The van der Waals surface area contributed by atoms with Gasteiger partial charge >= 0.3 is 6.18 Å². The van der Waals surface area contributed by atoms with Crippen LogP contribution in [-0.2, 0) is 4.79 Å². The molecule has 5 heteroatoms. The molecule has 3 unspecified atom stereocenters. The summed E-state index contributed by atoms with van der Waals surface area (Å²) in [6, 6.07) is 0. The minimum absolute atomic E-state index is 0.0105. The van der Waals surface area contributed by atoms with E-state index in [0.29, 0.717) is 24.3 Å². The van der Waals surface area contributed by atoms with Gasteiger partial charge in [0, 0.05) is 18.1 Å². The van der Waals surface area contributed by atoms with Crippen molar-refractivity contribution in [2.24, 2.45) is 17.8 Å². The van der Waals surface area contributed by atoms with Gasteiger partial charge in [0.15, 0.2) is 0 Å². The molecule has 0 saturated heterocycles. The van der Waals surface area contributed by atoms with Crippen molar-refractivity contribution in [3.63, 3.8) is 0 Å². The van der Waals surface area contributed by atoms with E-state index in [2.05, 4.69) is 6.58 Å². The molecule has 3 aliphatic carbocycles. The summed E-state index contributed by atoms with van der Waals surface area (Å²) >= 11 is 0. The second kappa shape index (κ2) is 9.09. The van der Waals surface area contributed by atoms with Crippen LogP contribution in [0.5, 0.6) is 0 Å². The number of allylic oxidation sites excluding steroid dienone is 9. The standard InChI is InChI=1S/C25H31F3O2/c1-4-20(21(15(2)6-5-13-29)12-7-16(3)25(26,27)28)23-22(17-8-9-17)18-10-11-19(14-18)24(23)30/h4,7,12,18-19,23,29H,3,5-6,8-11,13-14H2,1-2H3/b12-7-,20-4-,21-15-. The third kappa shape index (κ3) is 4.72. The highest BCUT2D eigenvalue weighted by atomic mass is 19.4. The van der Waals surface area contributed by atoms with Gasteiger partial charge in [0.05, 0.1) is 5.92 Å². The SMILES string of the molecule is C=C(\C=C/C(=C(\C)CCCO)C(=C/C)/C1C(=O)C2CCC(C2)C1=C1CC1)C(F)(F)F. The second-order valence-corrected chi connectivity index (χ2v) is 8.72. The van der Waals surface area contributed by atoms with E-state index in [0.717, 1.165) is 49.3 Å². The maximum atomic E-state index is 13.4. The number of aliphatic hydroxyl groups is 1. The number of ketones is 1. The molecule has 0 aromatic rings. The van der Waals surface area contributed by atoms with Crippen LogP contribution in [0.15, 0.2) is 58.2 Å². The number of rotatable bonds is 7. The minimum atomic E-state index is -4.49. The first kappa shape index (κ1) is 22.8. The predicted octanol–water partition coefficient (Wildman–Crippen LogP) is 6.40. The summed E-state index contributed by atoms with van der Waals surface area (Å²) in [6.07, 6.45) is 5.90. The van der Waals surface area contributed by atoms with E-state index in [4.69, 9.17) is 0 Å². The Hall–Kier alpha value is -1.88. The Bertz CT molecular complexity index is 833. The molecule has 3 aliphatic rings. The van der Waals surface area contributed by atoms with Gasteiger partial charge in [-0.1, -0.05) is 41.5 Å². The van der Waals surface area contributed by atoms with Crippen molar-refractivity contribution in [2.75, 3.05) is 6.61 Å². The molecule has 0 heterocycles. The van der Waals surface area contributed by atoms with Crippen molar-refractivity contribution < 1.29 is 23.1 Å². The van der Waals surface area contributed by atoms with Crippen molar-refractivity contribution >= 4 is 5.78 Å². The molecular weight excluding hydrogens is 389 g/mol. The number of aliphatic hydroxyl groups excluding tert-OH is 1. The maximum absolute atomic E-state index is 13.4. The molecule has 0 spiro atoms. The second-order valence-electron chi connectivity index (χ2n) is 8.72. The fourth-order valence-corrected chi connectivity index (χ4v) is 5.03. The number of carbonyl (C=O) groups excluding carboxylic acids is 1. The molecule has 30 heavy (non-hydrogen) atoms. The Labute approximate surface area is 176 Å². The van der Waals surface area contributed by atoms with Crippen LogP contribution in [0.4, 0.5) is 13.2 Å². The highest BCUT2D eigenvalue weighted by Crippen LogP contribution is 2.54. The van der Waals surface area contributed by atoms with Gasteiger partial charge < -0.3 is 5.11 Å². The summed E-state index contributed by atoms with van der Waals surface area (Å²) in [6.45, 7) is 6.90. The zero-order valence-electron chi connectivity index (χ0n) is 17.8. The van der Waals surface area contributed by atoms with Gasteiger partial charge in [-0.25, -0.2) is 0 Å². The van der Waals surface area contributed by atoms with Gasteiger partial charge in [0.1, 0.15) is 5.78 Å². The van der Waals surface area contributed by atoms with E-state index in [1.165, 1.54) is 17.2 Å². The Morgan fingerprint density at radius 3 is 2.43 bits per heavy atom. The van der Waals surface area contributed by atoms with Crippen LogP contribution in [0.3, 0.4) is 0 Å².